The minimum atomic E-state index is -0.0510. The van der Waals surface area contributed by atoms with Crippen LogP contribution in [-0.4, -0.2) is 0 Å². The normalized spacial score (nSPS) is 12.9. The molecule has 0 radical (unpaired) electrons. The Hall–Kier alpha value is -1.02. The van der Waals surface area contributed by atoms with Crippen molar-refractivity contribution in [3.63, 3.8) is 0 Å². The maximum absolute atomic E-state index is 5.92. The second-order valence-corrected chi connectivity index (χ2v) is 3.66. The van der Waals surface area contributed by atoms with Crippen molar-refractivity contribution in [2.45, 2.75) is 33.2 Å². The smallest absolute Gasteiger partial charge is 0.121 e. The lowest BCUT2D eigenvalue weighted by Gasteiger charge is -2.07. The molecule has 2 nitrogen and oxygen atoms in total. The molecule has 1 atom stereocenters. The second kappa shape index (κ2) is 3.79. The highest BCUT2D eigenvalue weighted by Gasteiger charge is 2.11. The van der Waals surface area contributed by atoms with Crippen LogP contribution in [0, 0.1) is 13.8 Å². The van der Waals surface area contributed by atoms with Gasteiger partial charge in [-0.3, -0.25) is 0 Å². The fourth-order valence-electron chi connectivity index (χ4n) is 1.26. The van der Waals surface area contributed by atoms with E-state index in [2.05, 4.69) is 6.58 Å². The van der Waals surface area contributed by atoms with Gasteiger partial charge < -0.3 is 10.2 Å². The summed E-state index contributed by atoms with van der Waals surface area (Å²) in [5.74, 6) is 1.81. The molecular weight excluding hydrogens is 162 g/mol. The quantitative estimate of drug-likeness (QED) is 0.725. The molecule has 0 amide bonds. The number of furan rings is 1. The van der Waals surface area contributed by atoms with Crippen LogP contribution in [0.5, 0.6) is 0 Å². The van der Waals surface area contributed by atoms with Gasteiger partial charge in [0.25, 0.3) is 0 Å². The van der Waals surface area contributed by atoms with Crippen LogP contribution in [0.2, 0.25) is 0 Å². The standard InChI is InChI=1S/C11H17NO/c1-7(2)5-10(12)11-6-8(3)9(4)13-11/h6,10H,1,5,12H2,2-4H3. The first-order chi connectivity index (χ1) is 6.00. The average molecular weight is 179 g/mol. The Balaban J connectivity index is 2.77. The van der Waals surface area contributed by atoms with Gasteiger partial charge in [-0.05, 0) is 38.8 Å². The molecule has 2 N–H and O–H groups in total. The van der Waals surface area contributed by atoms with Gasteiger partial charge in [-0.1, -0.05) is 5.57 Å². The van der Waals surface area contributed by atoms with Crippen LogP contribution in [0.25, 0.3) is 0 Å². The zero-order chi connectivity index (χ0) is 10.0. The molecule has 2 heteroatoms. The van der Waals surface area contributed by atoms with Crippen LogP contribution in [0.15, 0.2) is 22.6 Å². The van der Waals surface area contributed by atoms with Gasteiger partial charge in [-0.15, -0.1) is 6.58 Å². The number of hydrogen-bond donors (Lipinski definition) is 1. The van der Waals surface area contributed by atoms with Crippen molar-refractivity contribution in [1.82, 2.24) is 0 Å². The van der Waals surface area contributed by atoms with Gasteiger partial charge in [0, 0.05) is 0 Å². The summed E-state index contributed by atoms with van der Waals surface area (Å²) < 4.78 is 5.51. The van der Waals surface area contributed by atoms with Gasteiger partial charge in [-0.2, -0.15) is 0 Å². The number of nitrogens with two attached hydrogens (primary N) is 1. The summed E-state index contributed by atoms with van der Waals surface area (Å²) in [6.45, 7) is 9.78. The van der Waals surface area contributed by atoms with E-state index in [1.54, 1.807) is 0 Å². The van der Waals surface area contributed by atoms with E-state index in [0.29, 0.717) is 0 Å². The van der Waals surface area contributed by atoms with E-state index in [9.17, 15) is 0 Å². The minimum absolute atomic E-state index is 0.0510. The first-order valence-corrected chi connectivity index (χ1v) is 4.47. The van der Waals surface area contributed by atoms with Crippen LogP contribution < -0.4 is 5.73 Å². The number of hydrogen-bond acceptors (Lipinski definition) is 2. The zero-order valence-corrected chi connectivity index (χ0v) is 8.55. The molecule has 0 aliphatic rings. The van der Waals surface area contributed by atoms with Crippen molar-refractivity contribution >= 4 is 0 Å². The van der Waals surface area contributed by atoms with Gasteiger partial charge in [0.05, 0.1) is 6.04 Å². The molecule has 1 unspecified atom stereocenters. The molecule has 13 heavy (non-hydrogen) atoms. The maximum Gasteiger partial charge on any atom is 0.121 e. The van der Waals surface area contributed by atoms with Crippen LogP contribution in [-0.2, 0) is 0 Å². The molecule has 72 valence electrons. The van der Waals surface area contributed by atoms with Crippen molar-refractivity contribution in [1.29, 1.82) is 0 Å². The van der Waals surface area contributed by atoms with Gasteiger partial charge >= 0.3 is 0 Å². The van der Waals surface area contributed by atoms with Gasteiger partial charge in [0.15, 0.2) is 0 Å². The van der Waals surface area contributed by atoms with E-state index in [4.69, 9.17) is 10.2 Å². The predicted molar refractivity (Wildman–Crippen MR) is 54.5 cm³/mol. The van der Waals surface area contributed by atoms with E-state index >= 15 is 0 Å². The Labute approximate surface area is 79.4 Å². The summed E-state index contributed by atoms with van der Waals surface area (Å²) in [6.07, 6.45) is 0.784. The van der Waals surface area contributed by atoms with Crippen molar-refractivity contribution < 1.29 is 4.42 Å². The molecule has 0 aromatic carbocycles. The SMILES string of the molecule is C=C(C)CC(N)c1cc(C)c(C)o1. The highest BCUT2D eigenvalue weighted by atomic mass is 16.3. The maximum atomic E-state index is 5.92. The highest BCUT2D eigenvalue weighted by Crippen LogP contribution is 2.22. The van der Waals surface area contributed by atoms with Crippen molar-refractivity contribution in [3.8, 4) is 0 Å². The summed E-state index contributed by atoms with van der Waals surface area (Å²) in [5, 5.41) is 0. The lowest BCUT2D eigenvalue weighted by molar-refractivity contribution is 0.443. The fraction of sp³-hybridized carbons (Fsp3) is 0.455. The van der Waals surface area contributed by atoms with Crippen molar-refractivity contribution in [2.75, 3.05) is 0 Å². The second-order valence-electron chi connectivity index (χ2n) is 3.66. The van der Waals surface area contributed by atoms with Crippen molar-refractivity contribution in [3.05, 3.63) is 35.3 Å². The topological polar surface area (TPSA) is 39.2 Å². The summed E-state index contributed by atoms with van der Waals surface area (Å²) in [7, 11) is 0. The van der Waals surface area contributed by atoms with Gasteiger partial charge in [0.1, 0.15) is 11.5 Å². The third kappa shape index (κ3) is 2.46. The molecule has 0 saturated carbocycles. The first-order valence-electron chi connectivity index (χ1n) is 4.47. The molecule has 1 rings (SSSR count). The molecule has 0 aliphatic carbocycles. The molecule has 0 bridgehead atoms. The molecule has 1 aromatic rings. The van der Waals surface area contributed by atoms with E-state index in [1.165, 1.54) is 0 Å². The Morgan fingerprint density at radius 1 is 1.62 bits per heavy atom. The monoisotopic (exact) mass is 179 g/mol. The zero-order valence-electron chi connectivity index (χ0n) is 8.55. The highest BCUT2D eigenvalue weighted by molar-refractivity contribution is 5.21. The molecule has 1 aromatic heterocycles. The third-order valence-corrected chi connectivity index (χ3v) is 2.12. The van der Waals surface area contributed by atoms with E-state index < -0.39 is 0 Å². The fourth-order valence-corrected chi connectivity index (χ4v) is 1.26. The van der Waals surface area contributed by atoms with Crippen LogP contribution in [0.1, 0.15) is 36.5 Å². The minimum Gasteiger partial charge on any atom is -0.464 e. The Morgan fingerprint density at radius 3 is 2.62 bits per heavy atom. The Bertz CT molecular complexity index is 292. The average Bonchev–Trinajstić information content (AvgIpc) is 2.31. The molecule has 1 heterocycles. The molecular formula is C11H17NO. The number of rotatable bonds is 3. The number of aryl methyl sites for hydroxylation is 2. The largest absolute Gasteiger partial charge is 0.464 e. The third-order valence-electron chi connectivity index (χ3n) is 2.12. The van der Waals surface area contributed by atoms with Crippen LogP contribution in [0.3, 0.4) is 0 Å². The van der Waals surface area contributed by atoms with Gasteiger partial charge in [0.2, 0.25) is 0 Å². The first kappa shape index (κ1) is 10.1. The van der Waals surface area contributed by atoms with E-state index in [0.717, 1.165) is 29.1 Å². The summed E-state index contributed by atoms with van der Waals surface area (Å²) in [5.41, 5.74) is 8.17. The van der Waals surface area contributed by atoms with Gasteiger partial charge in [-0.25, -0.2) is 0 Å². The summed E-state index contributed by atoms with van der Waals surface area (Å²) in [6, 6.07) is 1.95. The van der Waals surface area contributed by atoms with Crippen molar-refractivity contribution in [2.24, 2.45) is 5.73 Å². The van der Waals surface area contributed by atoms with E-state index in [1.807, 2.05) is 26.8 Å². The predicted octanol–water partition coefficient (Wildman–Crippen LogP) is 2.86. The van der Waals surface area contributed by atoms with E-state index in [-0.39, 0.29) is 6.04 Å². The molecule has 0 fully saturated rings. The molecule has 0 saturated heterocycles. The van der Waals surface area contributed by atoms with Crippen LogP contribution >= 0.6 is 0 Å². The lowest BCUT2D eigenvalue weighted by atomic mass is 10.1. The summed E-state index contributed by atoms with van der Waals surface area (Å²) >= 11 is 0. The molecule has 0 spiro atoms. The summed E-state index contributed by atoms with van der Waals surface area (Å²) in [4.78, 5) is 0. The Morgan fingerprint density at radius 2 is 2.23 bits per heavy atom. The Kier molecular flexibility index (Phi) is 2.94. The molecule has 0 aliphatic heterocycles. The van der Waals surface area contributed by atoms with Crippen LogP contribution in [0.4, 0.5) is 0 Å². The lowest BCUT2D eigenvalue weighted by Crippen LogP contribution is -2.09.